The molecule has 1 aliphatic rings. The van der Waals surface area contributed by atoms with Crippen LogP contribution in [0.2, 0.25) is 0 Å². The molecule has 30 heavy (non-hydrogen) atoms. The minimum absolute atomic E-state index is 0.0276. The van der Waals surface area contributed by atoms with E-state index in [1.54, 1.807) is 17.6 Å². The van der Waals surface area contributed by atoms with Crippen molar-refractivity contribution in [2.75, 3.05) is 0 Å². The summed E-state index contributed by atoms with van der Waals surface area (Å²) < 4.78 is 1.56. The molecule has 0 amide bonds. The maximum absolute atomic E-state index is 13.2. The summed E-state index contributed by atoms with van der Waals surface area (Å²) in [6.07, 6.45) is 0.302. The van der Waals surface area contributed by atoms with Crippen LogP contribution in [0.1, 0.15) is 48.9 Å². The predicted molar refractivity (Wildman–Crippen MR) is 112 cm³/mol. The number of para-hydroxylation sites is 1. The van der Waals surface area contributed by atoms with Gasteiger partial charge in [0.15, 0.2) is 0 Å². The molecule has 0 radical (unpaired) electrons. The number of nitrogens with zero attached hydrogens (tertiary/aromatic N) is 2. The van der Waals surface area contributed by atoms with Gasteiger partial charge in [-0.1, -0.05) is 32.0 Å². The minimum Gasteiger partial charge on any atom is -0.481 e. The average Bonchev–Trinajstić information content (AvgIpc) is 3.10. The number of hydrogen-bond acceptors (Lipinski definition) is 5. The smallest absolute Gasteiger partial charge is 0.306 e. The lowest BCUT2D eigenvalue weighted by molar-refractivity contribution is -0.143. The van der Waals surface area contributed by atoms with Gasteiger partial charge in [-0.3, -0.25) is 9.59 Å². The molecule has 1 unspecified atom stereocenters. The molecule has 4 rings (SSSR count). The van der Waals surface area contributed by atoms with E-state index >= 15 is 0 Å². The number of fused-ring (bicyclic) bond motifs is 4. The third-order valence-electron chi connectivity index (χ3n) is 6.11. The second-order valence-corrected chi connectivity index (χ2v) is 7.72. The molecule has 3 aromatic rings. The Hall–Kier alpha value is -3.03. The summed E-state index contributed by atoms with van der Waals surface area (Å²) in [5.74, 6) is -1.18. The lowest BCUT2D eigenvalue weighted by atomic mass is 9.85. The van der Waals surface area contributed by atoms with Crippen molar-refractivity contribution in [3.05, 3.63) is 62.9 Å². The number of aliphatic carboxylic acids is 1. The number of aryl methyl sites for hydroxylation is 1. The predicted octanol–water partition coefficient (Wildman–Crippen LogP) is 2.55. The van der Waals surface area contributed by atoms with Crippen molar-refractivity contribution < 1.29 is 20.1 Å². The summed E-state index contributed by atoms with van der Waals surface area (Å²) in [6, 6.07) is 9.43. The van der Waals surface area contributed by atoms with Gasteiger partial charge in [0.2, 0.25) is 0 Å². The summed E-state index contributed by atoms with van der Waals surface area (Å²) in [5, 5.41) is 31.3. The van der Waals surface area contributed by atoms with Gasteiger partial charge in [0.25, 0.3) is 5.56 Å². The van der Waals surface area contributed by atoms with E-state index in [-0.39, 0.29) is 17.5 Å². The van der Waals surface area contributed by atoms with Crippen LogP contribution in [0.25, 0.3) is 22.3 Å². The Labute approximate surface area is 173 Å². The topological polar surface area (TPSA) is 113 Å². The van der Waals surface area contributed by atoms with Gasteiger partial charge in [-0.2, -0.15) is 0 Å². The fourth-order valence-electron chi connectivity index (χ4n) is 4.54. The Morgan fingerprint density at radius 3 is 2.60 bits per heavy atom. The lowest BCUT2D eigenvalue weighted by Crippen LogP contribution is -2.34. The molecule has 0 spiro atoms. The number of carboxylic acid groups (broad SMARTS) is 1. The third kappa shape index (κ3) is 2.93. The maximum Gasteiger partial charge on any atom is 0.306 e. The lowest BCUT2D eigenvalue weighted by Gasteiger charge is -2.28. The number of aliphatic hydroxyl groups is 2. The van der Waals surface area contributed by atoms with Crippen LogP contribution in [0.5, 0.6) is 0 Å². The number of pyridine rings is 2. The zero-order valence-corrected chi connectivity index (χ0v) is 17.0. The fourth-order valence-corrected chi connectivity index (χ4v) is 4.54. The number of benzene rings is 1. The van der Waals surface area contributed by atoms with Gasteiger partial charge >= 0.3 is 5.97 Å². The van der Waals surface area contributed by atoms with Crippen molar-refractivity contribution in [3.8, 4) is 11.4 Å². The molecule has 2 aromatic heterocycles. The van der Waals surface area contributed by atoms with Crippen LogP contribution in [0, 0.1) is 0 Å². The number of hydrogen-bond donors (Lipinski definition) is 3. The van der Waals surface area contributed by atoms with E-state index in [1.807, 2.05) is 24.3 Å². The molecular weight excluding hydrogens is 384 g/mol. The van der Waals surface area contributed by atoms with Crippen LogP contribution in [-0.4, -0.2) is 30.8 Å². The minimum atomic E-state index is -1.76. The van der Waals surface area contributed by atoms with Gasteiger partial charge in [-0.25, -0.2) is 4.98 Å². The van der Waals surface area contributed by atoms with E-state index < -0.39 is 30.2 Å². The van der Waals surface area contributed by atoms with Gasteiger partial charge in [0.1, 0.15) is 5.60 Å². The second-order valence-electron chi connectivity index (χ2n) is 7.72. The number of carboxylic acids is 1. The number of carbonyl (C=O) groups is 1. The van der Waals surface area contributed by atoms with Crippen LogP contribution in [0.15, 0.2) is 35.1 Å². The summed E-state index contributed by atoms with van der Waals surface area (Å²) in [5.41, 5.74) is 2.10. The van der Waals surface area contributed by atoms with Gasteiger partial charge in [0, 0.05) is 16.5 Å². The molecule has 0 saturated heterocycles. The molecule has 0 aliphatic carbocycles. The molecule has 1 aliphatic heterocycles. The van der Waals surface area contributed by atoms with Crippen LogP contribution in [0.4, 0.5) is 0 Å². The van der Waals surface area contributed by atoms with Crippen molar-refractivity contribution in [2.24, 2.45) is 0 Å². The van der Waals surface area contributed by atoms with Crippen molar-refractivity contribution in [1.82, 2.24) is 9.55 Å². The normalized spacial score (nSPS) is 14.4. The first kappa shape index (κ1) is 20.3. The first-order chi connectivity index (χ1) is 14.3. The van der Waals surface area contributed by atoms with E-state index in [0.717, 1.165) is 28.5 Å². The van der Waals surface area contributed by atoms with E-state index in [4.69, 9.17) is 4.98 Å². The number of aromatic nitrogens is 2. The molecule has 7 heteroatoms. The Bertz CT molecular complexity index is 1230. The molecule has 7 nitrogen and oxygen atoms in total. The monoisotopic (exact) mass is 408 g/mol. The molecule has 3 heterocycles. The van der Waals surface area contributed by atoms with Crippen LogP contribution in [0.3, 0.4) is 0 Å². The van der Waals surface area contributed by atoms with Crippen LogP contribution >= 0.6 is 0 Å². The van der Waals surface area contributed by atoms with Gasteiger partial charge in [-0.15, -0.1) is 0 Å². The van der Waals surface area contributed by atoms with Crippen molar-refractivity contribution in [3.63, 3.8) is 0 Å². The van der Waals surface area contributed by atoms with Crippen molar-refractivity contribution in [2.45, 2.75) is 51.9 Å². The molecule has 0 fully saturated rings. The Balaban J connectivity index is 2.04. The molecule has 3 N–H and O–H groups in total. The quantitative estimate of drug-likeness (QED) is 0.452. The second kappa shape index (κ2) is 7.34. The first-order valence-corrected chi connectivity index (χ1v) is 10.1. The van der Waals surface area contributed by atoms with E-state index in [1.165, 1.54) is 0 Å². The highest BCUT2D eigenvalue weighted by molar-refractivity contribution is 5.88. The third-order valence-corrected chi connectivity index (χ3v) is 6.11. The number of aliphatic hydroxyl groups excluding tert-OH is 1. The van der Waals surface area contributed by atoms with Gasteiger partial charge in [-0.05, 0) is 36.1 Å². The summed E-state index contributed by atoms with van der Waals surface area (Å²) in [4.78, 5) is 29.4. The zero-order valence-electron chi connectivity index (χ0n) is 17.0. The fraction of sp³-hybridized carbons (Fsp3) is 0.348. The standard InChI is InChI=1S/C23H24N2O5/c1-3-13-14-7-5-6-8-18(14)24-21-15(13)11-25-19(21)9-17(16(12-26)22(25)29)23(30,4-2)10-20(27)28/h5-9,26,30H,3-4,10-12H2,1-2H3,(H,27,28). The molecule has 1 aromatic carbocycles. The van der Waals surface area contributed by atoms with E-state index in [9.17, 15) is 24.9 Å². The molecule has 0 bridgehead atoms. The largest absolute Gasteiger partial charge is 0.481 e. The van der Waals surface area contributed by atoms with E-state index in [2.05, 4.69) is 6.92 Å². The SMILES string of the molecule is CCc1c2c(nc3ccccc13)-c1cc(C(O)(CC)CC(=O)O)c(CO)c(=O)n1C2. The Morgan fingerprint density at radius 2 is 1.97 bits per heavy atom. The van der Waals surface area contributed by atoms with Crippen molar-refractivity contribution in [1.29, 1.82) is 0 Å². The van der Waals surface area contributed by atoms with E-state index in [0.29, 0.717) is 17.9 Å². The highest BCUT2D eigenvalue weighted by atomic mass is 16.4. The summed E-state index contributed by atoms with van der Waals surface area (Å²) >= 11 is 0. The number of rotatable bonds is 6. The maximum atomic E-state index is 13.2. The highest BCUT2D eigenvalue weighted by Crippen LogP contribution is 2.39. The molecule has 0 saturated carbocycles. The molecule has 1 atom stereocenters. The van der Waals surface area contributed by atoms with Gasteiger partial charge < -0.3 is 19.9 Å². The van der Waals surface area contributed by atoms with Crippen LogP contribution in [-0.2, 0) is 30.0 Å². The van der Waals surface area contributed by atoms with Crippen LogP contribution < -0.4 is 5.56 Å². The Morgan fingerprint density at radius 1 is 1.23 bits per heavy atom. The first-order valence-electron chi connectivity index (χ1n) is 10.1. The summed E-state index contributed by atoms with van der Waals surface area (Å²) in [6.45, 7) is 3.47. The van der Waals surface area contributed by atoms with Gasteiger partial charge in [0.05, 0.1) is 36.5 Å². The average molecular weight is 408 g/mol. The highest BCUT2D eigenvalue weighted by Gasteiger charge is 2.36. The zero-order chi connectivity index (χ0) is 21.6. The Kier molecular flexibility index (Phi) is 4.95. The summed E-state index contributed by atoms with van der Waals surface area (Å²) in [7, 11) is 0. The molecule has 156 valence electrons. The molecular formula is C23H24N2O5. The van der Waals surface area contributed by atoms with Crippen molar-refractivity contribution >= 4 is 16.9 Å².